The first kappa shape index (κ1) is 13.0. The fourth-order valence-electron chi connectivity index (χ4n) is 0.207. The van der Waals surface area contributed by atoms with Crippen LogP contribution in [0.25, 0.3) is 0 Å². The van der Waals surface area contributed by atoms with Crippen LogP contribution in [0.5, 0.6) is 0 Å². The van der Waals surface area contributed by atoms with Crippen molar-refractivity contribution in [1.29, 1.82) is 0 Å². The Hall–Kier alpha value is -0.650. The Bertz CT molecular complexity index is 81.0. The maximum absolute atomic E-state index is 9.94. The topological polar surface area (TPSA) is 87.0 Å². The van der Waals surface area contributed by atoms with Gasteiger partial charge in [0.05, 0.1) is 19.8 Å². The zero-order chi connectivity index (χ0) is 9.11. The molecule has 0 fully saturated rings. The zero-order valence-corrected chi connectivity index (χ0v) is 6.49. The first-order chi connectivity index (χ1) is 5.22. The number of hydrogen-bond acceptors (Lipinski definition) is 5. The molecule has 0 heterocycles. The van der Waals surface area contributed by atoms with Crippen LogP contribution in [-0.4, -0.2) is 47.7 Å². The van der Waals surface area contributed by atoms with Crippen molar-refractivity contribution in [3.8, 4) is 0 Å². The number of aliphatic hydroxyl groups is 3. The van der Waals surface area contributed by atoms with Crippen molar-refractivity contribution in [2.75, 3.05) is 26.4 Å². The van der Waals surface area contributed by atoms with Gasteiger partial charge in [0.2, 0.25) is 0 Å². The lowest BCUT2D eigenvalue weighted by Gasteiger charge is -1.93. The number of esters is 1. The van der Waals surface area contributed by atoms with Gasteiger partial charge >= 0.3 is 5.97 Å². The summed E-state index contributed by atoms with van der Waals surface area (Å²) in [6.07, 6.45) is 0. The minimum atomic E-state index is -0.567. The molecule has 5 nitrogen and oxygen atoms in total. The Kier molecular flexibility index (Phi) is 14.2. The highest BCUT2D eigenvalue weighted by Gasteiger charge is 1.92. The van der Waals surface area contributed by atoms with E-state index in [4.69, 9.17) is 15.3 Å². The summed E-state index contributed by atoms with van der Waals surface area (Å²) in [6, 6.07) is 0. The molecule has 5 heteroatoms. The van der Waals surface area contributed by atoms with Crippen molar-refractivity contribution < 1.29 is 24.9 Å². The molecule has 0 aliphatic rings. The summed E-state index contributed by atoms with van der Waals surface area (Å²) in [5, 5.41) is 23.2. The predicted octanol–water partition coefficient (Wildman–Crippen LogP) is -1.49. The summed E-state index contributed by atoms with van der Waals surface area (Å²) in [5.41, 5.74) is 0. The minimum Gasteiger partial charge on any atom is -0.464 e. The average Bonchev–Trinajstić information content (AvgIpc) is 2.05. The second kappa shape index (κ2) is 12.1. The van der Waals surface area contributed by atoms with Crippen LogP contribution in [0.15, 0.2) is 0 Å². The van der Waals surface area contributed by atoms with Crippen molar-refractivity contribution in [1.82, 2.24) is 0 Å². The van der Waals surface area contributed by atoms with E-state index in [2.05, 4.69) is 4.74 Å². The Morgan fingerprint density at radius 3 is 1.82 bits per heavy atom. The highest BCUT2D eigenvalue weighted by atomic mass is 16.5. The van der Waals surface area contributed by atoms with Gasteiger partial charge in [0.25, 0.3) is 0 Å². The van der Waals surface area contributed by atoms with Crippen molar-refractivity contribution in [2.45, 2.75) is 6.92 Å². The van der Waals surface area contributed by atoms with Gasteiger partial charge in [-0.25, -0.2) is 4.79 Å². The van der Waals surface area contributed by atoms with Crippen molar-refractivity contribution in [3.63, 3.8) is 0 Å². The highest BCUT2D eigenvalue weighted by Crippen LogP contribution is 1.71. The number of aliphatic hydroxyl groups excluding tert-OH is 3. The second-order valence-corrected chi connectivity index (χ2v) is 1.41. The molecule has 0 radical (unpaired) electrons. The fraction of sp³-hybridized carbons (Fsp3) is 0.833. The van der Waals surface area contributed by atoms with Crippen molar-refractivity contribution in [3.05, 3.63) is 0 Å². The number of carbonyl (C=O) groups is 1. The normalized spacial score (nSPS) is 8.00. The summed E-state index contributed by atoms with van der Waals surface area (Å²) in [7, 11) is 0. The third-order valence-corrected chi connectivity index (χ3v) is 0.534. The van der Waals surface area contributed by atoms with Gasteiger partial charge < -0.3 is 20.1 Å². The van der Waals surface area contributed by atoms with E-state index in [0.29, 0.717) is 6.61 Å². The van der Waals surface area contributed by atoms with E-state index in [0.717, 1.165) is 0 Å². The Balaban J connectivity index is 0. The van der Waals surface area contributed by atoms with Crippen LogP contribution in [0, 0.1) is 0 Å². The second-order valence-electron chi connectivity index (χ2n) is 1.41. The monoisotopic (exact) mass is 166 g/mol. The number of hydrogen-bond donors (Lipinski definition) is 3. The van der Waals surface area contributed by atoms with Gasteiger partial charge in [-0.2, -0.15) is 0 Å². The van der Waals surface area contributed by atoms with Crippen LogP contribution in [-0.2, 0) is 9.53 Å². The maximum atomic E-state index is 9.94. The van der Waals surface area contributed by atoms with E-state index < -0.39 is 12.6 Å². The molecule has 0 aromatic carbocycles. The molecule has 0 aliphatic heterocycles. The lowest BCUT2D eigenvalue weighted by Crippen LogP contribution is -2.07. The molecule has 11 heavy (non-hydrogen) atoms. The van der Waals surface area contributed by atoms with Crippen LogP contribution >= 0.6 is 0 Å². The van der Waals surface area contributed by atoms with Gasteiger partial charge in [-0.15, -0.1) is 0 Å². The first-order valence-corrected chi connectivity index (χ1v) is 3.21. The van der Waals surface area contributed by atoms with E-state index >= 15 is 0 Å². The summed E-state index contributed by atoms with van der Waals surface area (Å²) >= 11 is 0. The summed E-state index contributed by atoms with van der Waals surface area (Å²) < 4.78 is 4.30. The largest absolute Gasteiger partial charge is 0.464 e. The number of ether oxygens (including phenoxy) is 1. The van der Waals surface area contributed by atoms with Crippen LogP contribution in [0.4, 0.5) is 0 Å². The van der Waals surface area contributed by atoms with Gasteiger partial charge in [-0.3, -0.25) is 0 Å². The Labute approximate surface area is 65.2 Å². The van der Waals surface area contributed by atoms with Crippen LogP contribution in [0.1, 0.15) is 6.92 Å². The van der Waals surface area contributed by atoms with E-state index in [1.165, 1.54) is 0 Å². The van der Waals surface area contributed by atoms with Gasteiger partial charge in [0.1, 0.15) is 6.61 Å². The smallest absolute Gasteiger partial charge is 0.331 e. The van der Waals surface area contributed by atoms with Gasteiger partial charge in [0, 0.05) is 0 Å². The van der Waals surface area contributed by atoms with Crippen LogP contribution in [0.3, 0.4) is 0 Å². The first-order valence-electron chi connectivity index (χ1n) is 3.21. The Morgan fingerprint density at radius 1 is 1.27 bits per heavy atom. The van der Waals surface area contributed by atoms with Crippen molar-refractivity contribution >= 4 is 5.97 Å². The quantitative estimate of drug-likeness (QED) is 0.445. The number of carbonyl (C=O) groups excluding carboxylic acids is 1. The van der Waals surface area contributed by atoms with E-state index in [1.807, 2.05) is 0 Å². The molecule has 0 aliphatic carbocycles. The van der Waals surface area contributed by atoms with E-state index in [-0.39, 0.29) is 13.2 Å². The predicted molar refractivity (Wildman–Crippen MR) is 37.9 cm³/mol. The van der Waals surface area contributed by atoms with Crippen LogP contribution in [0.2, 0.25) is 0 Å². The molecule has 0 amide bonds. The molecule has 0 spiro atoms. The summed E-state index contributed by atoms with van der Waals surface area (Å²) in [6.45, 7) is 1.25. The summed E-state index contributed by atoms with van der Waals surface area (Å²) in [4.78, 5) is 9.94. The van der Waals surface area contributed by atoms with Gasteiger partial charge in [-0.1, -0.05) is 0 Å². The molecule has 68 valence electrons. The highest BCUT2D eigenvalue weighted by molar-refractivity contribution is 5.70. The van der Waals surface area contributed by atoms with Crippen molar-refractivity contribution in [2.24, 2.45) is 0 Å². The average molecular weight is 166 g/mol. The molecule has 0 aromatic rings. The van der Waals surface area contributed by atoms with E-state index in [9.17, 15) is 4.79 Å². The SMILES string of the molecule is CCOC(=O)CO.OCCO. The molecule has 3 N–H and O–H groups in total. The standard InChI is InChI=1S/C4H8O3.C2H6O2/c1-2-7-4(6)3-5;3-1-2-4/h5H,2-3H2,1H3;3-4H,1-2H2. The molecule has 0 atom stereocenters. The maximum Gasteiger partial charge on any atom is 0.331 e. The third-order valence-electron chi connectivity index (χ3n) is 0.534. The zero-order valence-electron chi connectivity index (χ0n) is 6.49. The number of rotatable bonds is 3. The fourth-order valence-corrected chi connectivity index (χ4v) is 0.207. The van der Waals surface area contributed by atoms with Gasteiger partial charge in [0.15, 0.2) is 0 Å². The minimum absolute atomic E-state index is 0.125. The van der Waals surface area contributed by atoms with Crippen LogP contribution < -0.4 is 0 Å². The van der Waals surface area contributed by atoms with E-state index in [1.54, 1.807) is 6.92 Å². The summed E-state index contributed by atoms with van der Waals surface area (Å²) in [5.74, 6) is -0.567. The van der Waals surface area contributed by atoms with Gasteiger partial charge in [-0.05, 0) is 6.92 Å². The lowest BCUT2D eigenvalue weighted by atomic mass is 10.7. The Morgan fingerprint density at radius 2 is 1.73 bits per heavy atom. The molecule has 0 rings (SSSR count). The molecule has 0 bridgehead atoms. The molecule has 0 saturated carbocycles. The molecular formula is C6H14O5. The molecule has 0 saturated heterocycles. The molecular weight excluding hydrogens is 152 g/mol. The molecule has 0 aromatic heterocycles. The third kappa shape index (κ3) is 17.6. The molecule has 0 unspecified atom stereocenters. The lowest BCUT2D eigenvalue weighted by molar-refractivity contribution is -0.146.